The Morgan fingerprint density at radius 1 is 1.67 bits per heavy atom. The third-order valence-corrected chi connectivity index (χ3v) is 2.76. The van der Waals surface area contributed by atoms with Gasteiger partial charge in [0.15, 0.2) is 0 Å². The standard InChI is InChI=1S/C10H22N2/c1-9(2)12(4)8-10-6-5-7-11(10)3/h9-10H,5-8H2,1-4H3/i3D3. The van der Waals surface area contributed by atoms with Gasteiger partial charge in [-0.1, -0.05) is 0 Å². The molecule has 1 saturated heterocycles. The molecule has 0 bridgehead atoms. The predicted octanol–water partition coefficient (Wildman–Crippen LogP) is 1.42. The van der Waals surface area contributed by atoms with Crippen LogP contribution in [0.1, 0.15) is 30.8 Å². The van der Waals surface area contributed by atoms with E-state index in [2.05, 4.69) is 25.8 Å². The quantitative estimate of drug-likeness (QED) is 0.637. The summed E-state index contributed by atoms with van der Waals surface area (Å²) in [6.45, 7) is 3.92. The Bertz CT molecular complexity index is 203. The van der Waals surface area contributed by atoms with Crippen LogP contribution in [0, 0.1) is 0 Å². The van der Waals surface area contributed by atoms with Crippen molar-refractivity contribution < 1.29 is 4.11 Å². The lowest BCUT2D eigenvalue weighted by Crippen LogP contribution is -2.39. The fourth-order valence-corrected chi connectivity index (χ4v) is 1.57. The van der Waals surface area contributed by atoms with Crippen LogP contribution < -0.4 is 0 Å². The van der Waals surface area contributed by atoms with Crippen molar-refractivity contribution in [2.75, 3.05) is 27.1 Å². The minimum absolute atomic E-state index is 0.199. The summed E-state index contributed by atoms with van der Waals surface area (Å²) in [5.74, 6) is 0. The van der Waals surface area contributed by atoms with E-state index in [1.54, 1.807) is 4.90 Å². The van der Waals surface area contributed by atoms with Gasteiger partial charge in [-0.15, -0.1) is 0 Å². The van der Waals surface area contributed by atoms with Crippen LogP contribution in [0.4, 0.5) is 0 Å². The van der Waals surface area contributed by atoms with Crippen molar-refractivity contribution in [1.82, 2.24) is 9.80 Å². The van der Waals surface area contributed by atoms with Crippen molar-refractivity contribution in [1.29, 1.82) is 0 Å². The van der Waals surface area contributed by atoms with Crippen LogP contribution in [0.15, 0.2) is 0 Å². The van der Waals surface area contributed by atoms with Gasteiger partial charge >= 0.3 is 0 Å². The van der Waals surface area contributed by atoms with Crippen molar-refractivity contribution in [2.45, 2.75) is 38.8 Å². The molecule has 1 rings (SSSR count). The lowest BCUT2D eigenvalue weighted by atomic mass is 10.2. The molecule has 0 aliphatic carbocycles. The molecule has 1 unspecified atom stereocenters. The molecule has 0 saturated carbocycles. The topological polar surface area (TPSA) is 6.48 Å². The molecule has 0 radical (unpaired) electrons. The fraction of sp³-hybridized carbons (Fsp3) is 1.00. The first-order valence-corrected chi connectivity index (χ1v) is 4.79. The van der Waals surface area contributed by atoms with Crippen LogP contribution in [0.5, 0.6) is 0 Å². The van der Waals surface area contributed by atoms with E-state index in [-0.39, 0.29) is 6.04 Å². The van der Waals surface area contributed by atoms with Crippen LogP contribution >= 0.6 is 0 Å². The molecule has 1 heterocycles. The number of likely N-dealkylation sites (N-methyl/N-ethyl adjacent to an activating group) is 2. The lowest BCUT2D eigenvalue weighted by molar-refractivity contribution is 0.192. The van der Waals surface area contributed by atoms with E-state index in [9.17, 15) is 0 Å². The maximum atomic E-state index is 7.45. The maximum Gasteiger partial charge on any atom is 0.0394 e. The summed E-state index contributed by atoms with van der Waals surface area (Å²) in [6, 6.07) is 0.675. The number of rotatable bonds is 3. The van der Waals surface area contributed by atoms with Crippen LogP contribution in [0.25, 0.3) is 0 Å². The van der Waals surface area contributed by atoms with Crippen molar-refractivity contribution in [3.8, 4) is 0 Å². The number of likely N-dealkylation sites (tertiary alicyclic amines) is 1. The van der Waals surface area contributed by atoms with E-state index in [1.807, 2.05) is 0 Å². The minimum Gasteiger partial charge on any atom is -0.302 e. The van der Waals surface area contributed by atoms with E-state index in [4.69, 9.17) is 4.11 Å². The SMILES string of the molecule is [2H]C([2H])([2H])N1CCCC1CN(C)C(C)C. The van der Waals surface area contributed by atoms with E-state index in [0.29, 0.717) is 12.6 Å². The summed E-state index contributed by atoms with van der Waals surface area (Å²) in [6.07, 6.45) is 2.02. The van der Waals surface area contributed by atoms with E-state index in [0.717, 1.165) is 19.4 Å². The van der Waals surface area contributed by atoms with Crippen LogP contribution in [-0.2, 0) is 0 Å². The highest BCUT2D eigenvalue weighted by molar-refractivity contribution is 4.79. The Labute approximate surface area is 80.8 Å². The Morgan fingerprint density at radius 2 is 2.42 bits per heavy atom. The smallest absolute Gasteiger partial charge is 0.0394 e. The van der Waals surface area contributed by atoms with Gasteiger partial charge in [0, 0.05) is 22.7 Å². The molecule has 0 aromatic carbocycles. The summed E-state index contributed by atoms with van der Waals surface area (Å²) >= 11 is 0. The minimum atomic E-state index is -1.92. The first-order chi connectivity index (χ1) is 6.82. The molecule has 0 aromatic rings. The van der Waals surface area contributed by atoms with Gasteiger partial charge in [-0.2, -0.15) is 0 Å². The second-order valence-corrected chi connectivity index (χ2v) is 4.02. The van der Waals surface area contributed by atoms with E-state index < -0.39 is 6.98 Å². The maximum absolute atomic E-state index is 7.45. The summed E-state index contributed by atoms with van der Waals surface area (Å²) in [5.41, 5.74) is 0. The second-order valence-electron chi connectivity index (χ2n) is 4.02. The normalized spacial score (nSPS) is 30.8. The third-order valence-electron chi connectivity index (χ3n) is 2.76. The molecule has 1 aliphatic heterocycles. The Hall–Kier alpha value is -0.0800. The number of nitrogens with zero attached hydrogens (tertiary/aromatic N) is 2. The molecule has 12 heavy (non-hydrogen) atoms. The average molecular weight is 173 g/mol. The van der Waals surface area contributed by atoms with Crippen molar-refractivity contribution in [3.63, 3.8) is 0 Å². The van der Waals surface area contributed by atoms with Gasteiger partial charge in [-0.05, 0) is 47.3 Å². The number of hydrogen-bond donors (Lipinski definition) is 0. The Balaban J connectivity index is 2.54. The first kappa shape index (κ1) is 6.39. The molecule has 0 aromatic heterocycles. The van der Waals surface area contributed by atoms with Gasteiger partial charge in [0.2, 0.25) is 0 Å². The highest BCUT2D eigenvalue weighted by Gasteiger charge is 2.22. The highest BCUT2D eigenvalue weighted by atomic mass is 15.2. The van der Waals surface area contributed by atoms with Crippen molar-refractivity contribution in [3.05, 3.63) is 0 Å². The summed E-state index contributed by atoms with van der Waals surface area (Å²) in [7, 11) is 2.06. The van der Waals surface area contributed by atoms with Gasteiger partial charge in [0.25, 0.3) is 0 Å². The van der Waals surface area contributed by atoms with Gasteiger partial charge in [-0.3, -0.25) is 0 Å². The third kappa shape index (κ3) is 2.46. The molecule has 2 heteroatoms. The molecular formula is C10H22N2. The first-order valence-electron chi connectivity index (χ1n) is 6.29. The van der Waals surface area contributed by atoms with Crippen LogP contribution in [-0.4, -0.2) is 49.0 Å². The molecule has 72 valence electrons. The second kappa shape index (κ2) is 4.24. The average Bonchev–Trinajstić information content (AvgIpc) is 2.50. The lowest BCUT2D eigenvalue weighted by Gasteiger charge is -2.28. The molecule has 0 amide bonds. The predicted molar refractivity (Wildman–Crippen MR) is 53.4 cm³/mol. The van der Waals surface area contributed by atoms with Crippen molar-refractivity contribution >= 4 is 0 Å². The van der Waals surface area contributed by atoms with E-state index >= 15 is 0 Å². The Morgan fingerprint density at radius 3 is 3.00 bits per heavy atom. The largest absolute Gasteiger partial charge is 0.302 e. The molecule has 1 fully saturated rings. The van der Waals surface area contributed by atoms with Crippen LogP contribution in [0.3, 0.4) is 0 Å². The zero-order valence-corrected chi connectivity index (χ0v) is 8.38. The summed E-state index contributed by atoms with van der Waals surface area (Å²) in [5, 5.41) is 0. The molecule has 1 atom stereocenters. The molecule has 1 aliphatic rings. The van der Waals surface area contributed by atoms with Gasteiger partial charge < -0.3 is 9.80 Å². The molecule has 0 spiro atoms. The van der Waals surface area contributed by atoms with Crippen LogP contribution in [0.2, 0.25) is 0 Å². The van der Waals surface area contributed by atoms with Crippen molar-refractivity contribution in [2.24, 2.45) is 0 Å². The fourth-order valence-electron chi connectivity index (χ4n) is 1.57. The van der Waals surface area contributed by atoms with Gasteiger partial charge in [0.05, 0.1) is 0 Å². The molecule has 2 nitrogen and oxygen atoms in total. The number of hydrogen-bond acceptors (Lipinski definition) is 2. The van der Waals surface area contributed by atoms with E-state index in [1.165, 1.54) is 0 Å². The molecule has 0 N–H and O–H groups in total. The monoisotopic (exact) mass is 173 g/mol. The zero-order chi connectivity index (χ0) is 11.6. The Kier molecular flexibility index (Phi) is 2.26. The zero-order valence-electron chi connectivity index (χ0n) is 11.4. The summed E-state index contributed by atoms with van der Waals surface area (Å²) in [4.78, 5) is 3.89. The highest BCUT2D eigenvalue weighted by Crippen LogP contribution is 2.15. The summed E-state index contributed by atoms with van der Waals surface area (Å²) < 4.78 is 22.4. The molecular weight excluding hydrogens is 148 g/mol. The van der Waals surface area contributed by atoms with Gasteiger partial charge in [-0.25, -0.2) is 0 Å². The van der Waals surface area contributed by atoms with Gasteiger partial charge in [0.1, 0.15) is 0 Å².